The number of hydrogen-bond acceptors (Lipinski definition) is 5. The number of rotatable bonds is 7. The van der Waals surface area contributed by atoms with Gasteiger partial charge in [-0.1, -0.05) is 6.07 Å². The second-order valence-electron chi connectivity index (χ2n) is 7.59. The largest absolute Gasteiger partial charge is 0.494 e. The van der Waals surface area contributed by atoms with Gasteiger partial charge in [-0.05, 0) is 61.1 Å². The van der Waals surface area contributed by atoms with Crippen molar-refractivity contribution in [1.82, 2.24) is 4.90 Å². The number of non-ortho nitro benzene ring substituents is 1. The van der Waals surface area contributed by atoms with Crippen molar-refractivity contribution in [3.63, 3.8) is 0 Å². The Labute approximate surface area is 165 Å². The zero-order chi connectivity index (χ0) is 19.3. The van der Waals surface area contributed by atoms with E-state index in [0.717, 1.165) is 57.2 Å². The molecule has 6 heteroatoms. The summed E-state index contributed by atoms with van der Waals surface area (Å²) < 4.78 is 5.95. The Balaban J connectivity index is 1.17. The first-order chi connectivity index (χ1) is 13.7. The summed E-state index contributed by atoms with van der Waals surface area (Å²) in [5, 5.41) is 10.8. The van der Waals surface area contributed by atoms with Crippen LogP contribution in [0.2, 0.25) is 0 Å². The van der Waals surface area contributed by atoms with Crippen molar-refractivity contribution >= 4 is 11.4 Å². The van der Waals surface area contributed by atoms with E-state index in [1.807, 2.05) is 12.1 Å². The third kappa shape index (κ3) is 4.44. The number of benzene rings is 2. The van der Waals surface area contributed by atoms with Crippen LogP contribution in [0.4, 0.5) is 11.4 Å². The van der Waals surface area contributed by atoms with Crippen LogP contribution >= 0.6 is 0 Å². The first-order valence-corrected chi connectivity index (χ1v) is 10.2. The molecule has 0 radical (unpaired) electrons. The second kappa shape index (κ2) is 8.61. The van der Waals surface area contributed by atoms with Gasteiger partial charge in [0.1, 0.15) is 5.75 Å². The molecule has 0 amide bonds. The third-order valence-electron chi connectivity index (χ3n) is 5.76. The molecule has 0 saturated carbocycles. The molecule has 0 unspecified atom stereocenters. The highest BCUT2D eigenvalue weighted by atomic mass is 16.6. The van der Waals surface area contributed by atoms with Gasteiger partial charge in [0.15, 0.2) is 0 Å². The number of aryl methyl sites for hydroxylation is 2. The Morgan fingerprint density at radius 2 is 1.71 bits per heavy atom. The quantitative estimate of drug-likeness (QED) is 0.416. The average molecular weight is 381 g/mol. The van der Waals surface area contributed by atoms with Crippen LogP contribution < -0.4 is 9.64 Å². The number of ether oxygens (including phenoxy) is 1. The van der Waals surface area contributed by atoms with Crippen LogP contribution in [0.25, 0.3) is 0 Å². The lowest BCUT2D eigenvalue weighted by molar-refractivity contribution is -0.384. The van der Waals surface area contributed by atoms with Gasteiger partial charge in [0, 0.05) is 50.5 Å². The zero-order valence-corrected chi connectivity index (χ0v) is 16.2. The molecule has 0 atom stereocenters. The monoisotopic (exact) mass is 381 g/mol. The molecular formula is C22H27N3O3. The first-order valence-electron chi connectivity index (χ1n) is 10.2. The normalized spacial score (nSPS) is 16.8. The Morgan fingerprint density at radius 1 is 0.964 bits per heavy atom. The van der Waals surface area contributed by atoms with Crippen molar-refractivity contribution in [2.75, 3.05) is 44.2 Å². The van der Waals surface area contributed by atoms with Gasteiger partial charge in [0.25, 0.3) is 5.69 Å². The van der Waals surface area contributed by atoms with Crippen LogP contribution in [0, 0.1) is 10.1 Å². The molecule has 2 aromatic carbocycles. The molecule has 148 valence electrons. The fourth-order valence-electron chi connectivity index (χ4n) is 4.13. The van der Waals surface area contributed by atoms with Crippen molar-refractivity contribution in [2.45, 2.75) is 25.7 Å². The molecule has 4 rings (SSSR count). The van der Waals surface area contributed by atoms with E-state index in [2.05, 4.69) is 28.0 Å². The van der Waals surface area contributed by atoms with Crippen LogP contribution in [0.3, 0.4) is 0 Å². The van der Waals surface area contributed by atoms with Gasteiger partial charge in [0.2, 0.25) is 0 Å². The van der Waals surface area contributed by atoms with E-state index in [4.69, 9.17) is 4.74 Å². The summed E-state index contributed by atoms with van der Waals surface area (Å²) in [6.07, 6.45) is 4.69. The van der Waals surface area contributed by atoms with Gasteiger partial charge in [-0.25, -0.2) is 0 Å². The minimum Gasteiger partial charge on any atom is -0.494 e. The fraction of sp³-hybridized carbons (Fsp3) is 0.455. The lowest BCUT2D eigenvalue weighted by atomic mass is 10.1. The standard InChI is InChI=1S/C22H27N3O3/c26-25(27)21-8-6-20(7-9-21)24-14-12-23(13-15-24)11-2-16-28-22-10-5-18-3-1-4-19(18)17-22/h5-10,17H,1-4,11-16H2. The van der Waals surface area contributed by atoms with Crippen molar-refractivity contribution in [3.05, 3.63) is 63.7 Å². The molecule has 0 spiro atoms. The fourth-order valence-corrected chi connectivity index (χ4v) is 4.13. The maximum absolute atomic E-state index is 10.8. The summed E-state index contributed by atoms with van der Waals surface area (Å²) in [4.78, 5) is 15.2. The SMILES string of the molecule is O=[N+]([O-])c1ccc(N2CCN(CCCOc3ccc4c(c3)CCC4)CC2)cc1. The Morgan fingerprint density at radius 3 is 2.46 bits per heavy atom. The molecule has 6 nitrogen and oxygen atoms in total. The van der Waals surface area contributed by atoms with Crippen molar-refractivity contribution < 1.29 is 9.66 Å². The van der Waals surface area contributed by atoms with Gasteiger partial charge in [-0.2, -0.15) is 0 Å². The van der Waals surface area contributed by atoms with Crippen LogP contribution in [0.15, 0.2) is 42.5 Å². The van der Waals surface area contributed by atoms with Gasteiger partial charge in [0.05, 0.1) is 11.5 Å². The number of nitro groups is 1. The molecule has 1 aliphatic heterocycles. The molecule has 0 aromatic heterocycles. The smallest absolute Gasteiger partial charge is 0.269 e. The van der Waals surface area contributed by atoms with Crippen LogP contribution in [-0.4, -0.2) is 49.2 Å². The molecule has 0 bridgehead atoms. The zero-order valence-electron chi connectivity index (χ0n) is 16.2. The average Bonchev–Trinajstić information content (AvgIpc) is 3.20. The Bertz CT molecular complexity index is 814. The number of anilines is 1. The van der Waals surface area contributed by atoms with Crippen LogP contribution in [0.1, 0.15) is 24.0 Å². The number of fused-ring (bicyclic) bond motifs is 1. The Hall–Kier alpha value is -2.60. The van der Waals surface area contributed by atoms with Crippen molar-refractivity contribution in [2.24, 2.45) is 0 Å². The molecule has 1 aliphatic carbocycles. The minimum absolute atomic E-state index is 0.144. The third-order valence-corrected chi connectivity index (χ3v) is 5.76. The Kier molecular flexibility index (Phi) is 5.76. The van der Waals surface area contributed by atoms with Crippen LogP contribution in [-0.2, 0) is 12.8 Å². The molecular weight excluding hydrogens is 354 g/mol. The maximum atomic E-state index is 10.8. The van der Waals surface area contributed by atoms with Gasteiger partial charge >= 0.3 is 0 Å². The molecule has 1 fully saturated rings. The number of hydrogen-bond donors (Lipinski definition) is 0. The summed E-state index contributed by atoms with van der Waals surface area (Å²) in [5.74, 6) is 1.00. The van der Waals surface area contributed by atoms with Crippen molar-refractivity contribution in [1.29, 1.82) is 0 Å². The van der Waals surface area contributed by atoms with E-state index in [1.165, 1.54) is 30.4 Å². The second-order valence-corrected chi connectivity index (χ2v) is 7.59. The van der Waals surface area contributed by atoms with Gasteiger partial charge < -0.3 is 9.64 Å². The predicted octanol–water partition coefficient (Wildman–Crippen LogP) is 3.67. The summed E-state index contributed by atoms with van der Waals surface area (Å²) in [6, 6.07) is 13.4. The molecule has 28 heavy (non-hydrogen) atoms. The minimum atomic E-state index is -0.355. The highest BCUT2D eigenvalue weighted by Crippen LogP contribution is 2.26. The molecule has 2 aromatic rings. The number of nitro benzene ring substituents is 1. The van der Waals surface area contributed by atoms with E-state index >= 15 is 0 Å². The summed E-state index contributed by atoms with van der Waals surface area (Å²) >= 11 is 0. The van der Waals surface area contributed by atoms with Crippen molar-refractivity contribution in [3.8, 4) is 5.75 Å². The highest BCUT2D eigenvalue weighted by molar-refractivity contribution is 5.51. The van der Waals surface area contributed by atoms with Gasteiger partial charge in [-0.3, -0.25) is 15.0 Å². The summed E-state index contributed by atoms with van der Waals surface area (Å²) in [5.41, 5.74) is 4.15. The highest BCUT2D eigenvalue weighted by Gasteiger charge is 2.18. The van der Waals surface area contributed by atoms with Gasteiger partial charge in [-0.15, -0.1) is 0 Å². The van der Waals surface area contributed by atoms with E-state index in [0.29, 0.717) is 0 Å². The lowest BCUT2D eigenvalue weighted by Gasteiger charge is -2.36. The molecule has 2 aliphatic rings. The number of piperazine rings is 1. The topological polar surface area (TPSA) is 58.9 Å². The molecule has 1 saturated heterocycles. The lowest BCUT2D eigenvalue weighted by Crippen LogP contribution is -2.46. The predicted molar refractivity (Wildman–Crippen MR) is 110 cm³/mol. The maximum Gasteiger partial charge on any atom is 0.269 e. The molecule has 1 heterocycles. The van der Waals surface area contributed by atoms with Crippen LogP contribution in [0.5, 0.6) is 5.75 Å². The number of nitrogens with zero attached hydrogens (tertiary/aromatic N) is 3. The molecule has 0 N–H and O–H groups in total. The first kappa shape index (κ1) is 18.7. The van der Waals surface area contributed by atoms with E-state index in [1.54, 1.807) is 12.1 Å². The summed E-state index contributed by atoms with van der Waals surface area (Å²) in [7, 11) is 0. The van der Waals surface area contributed by atoms with E-state index < -0.39 is 0 Å². The van der Waals surface area contributed by atoms with E-state index in [-0.39, 0.29) is 10.6 Å². The van der Waals surface area contributed by atoms with E-state index in [9.17, 15) is 10.1 Å². The summed E-state index contributed by atoms with van der Waals surface area (Å²) in [6.45, 7) is 5.71.